The monoisotopic (exact) mass is 428 g/mol. The molecule has 1 aliphatic heterocycles. The maximum atomic E-state index is 12.1. The molecule has 0 spiro atoms. The van der Waals surface area contributed by atoms with Crippen molar-refractivity contribution in [2.45, 2.75) is 25.8 Å². The lowest BCUT2D eigenvalue weighted by molar-refractivity contribution is -0.144. The normalized spacial score (nSPS) is 15.7. The van der Waals surface area contributed by atoms with Crippen LogP contribution >= 0.6 is 15.9 Å². The SMILES string of the molecule is COc1cc(Br)c(CC(=O)OCCN2C(=O)NC(C)(C)C2=O)cc1OC. The Labute approximate surface area is 159 Å². The summed E-state index contributed by atoms with van der Waals surface area (Å²) in [5.74, 6) is 0.211. The van der Waals surface area contributed by atoms with Gasteiger partial charge in [0.05, 0.1) is 27.2 Å². The van der Waals surface area contributed by atoms with Crippen LogP contribution in [0.25, 0.3) is 0 Å². The highest BCUT2D eigenvalue weighted by Crippen LogP contribution is 2.33. The van der Waals surface area contributed by atoms with Crippen molar-refractivity contribution in [3.63, 3.8) is 0 Å². The van der Waals surface area contributed by atoms with Crippen molar-refractivity contribution < 1.29 is 28.6 Å². The Kier molecular flexibility index (Phi) is 6.12. The van der Waals surface area contributed by atoms with Crippen LogP contribution < -0.4 is 14.8 Å². The third-order valence-corrected chi connectivity index (χ3v) is 4.65. The second-order valence-electron chi connectivity index (χ2n) is 6.21. The molecule has 0 saturated carbocycles. The van der Waals surface area contributed by atoms with Crippen molar-refractivity contribution in [2.24, 2.45) is 0 Å². The molecule has 1 aromatic carbocycles. The number of imide groups is 1. The van der Waals surface area contributed by atoms with E-state index in [2.05, 4.69) is 21.2 Å². The lowest BCUT2D eigenvalue weighted by atomic mass is 10.1. The molecule has 9 heteroatoms. The van der Waals surface area contributed by atoms with Gasteiger partial charge in [-0.3, -0.25) is 14.5 Å². The molecule has 142 valence electrons. The first-order valence-electron chi connectivity index (χ1n) is 7.89. The third kappa shape index (κ3) is 4.27. The number of benzene rings is 1. The highest BCUT2D eigenvalue weighted by Gasteiger charge is 2.43. The summed E-state index contributed by atoms with van der Waals surface area (Å²) >= 11 is 3.38. The van der Waals surface area contributed by atoms with Crippen molar-refractivity contribution in [3.8, 4) is 11.5 Å². The highest BCUT2D eigenvalue weighted by molar-refractivity contribution is 9.10. The second-order valence-corrected chi connectivity index (χ2v) is 7.06. The van der Waals surface area contributed by atoms with Crippen LogP contribution in [-0.2, 0) is 20.7 Å². The molecule has 0 bridgehead atoms. The first-order valence-corrected chi connectivity index (χ1v) is 8.69. The molecule has 1 saturated heterocycles. The third-order valence-electron chi connectivity index (χ3n) is 3.91. The maximum Gasteiger partial charge on any atom is 0.325 e. The van der Waals surface area contributed by atoms with E-state index in [9.17, 15) is 14.4 Å². The summed E-state index contributed by atoms with van der Waals surface area (Å²) in [4.78, 5) is 36.9. The molecule has 2 rings (SSSR count). The van der Waals surface area contributed by atoms with E-state index in [-0.39, 0.29) is 25.5 Å². The molecule has 0 radical (unpaired) electrons. The average Bonchev–Trinajstić information content (AvgIpc) is 2.77. The first kappa shape index (κ1) is 20.0. The van der Waals surface area contributed by atoms with Crippen molar-refractivity contribution in [3.05, 3.63) is 22.2 Å². The first-order chi connectivity index (χ1) is 12.2. The van der Waals surface area contributed by atoms with Crippen LogP contribution in [0.15, 0.2) is 16.6 Å². The van der Waals surface area contributed by atoms with Crippen LogP contribution in [0.3, 0.4) is 0 Å². The van der Waals surface area contributed by atoms with Crippen molar-refractivity contribution in [1.82, 2.24) is 10.2 Å². The molecule has 1 heterocycles. The molecule has 1 aromatic rings. The Morgan fingerprint density at radius 2 is 1.81 bits per heavy atom. The number of hydrogen-bond acceptors (Lipinski definition) is 6. The van der Waals surface area contributed by atoms with Gasteiger partial charge in [-0.25, -0.2) is 4.79 Å². The number of methoxy groups -OCH3 is 2. The number of hydrogen-bond donors (Lipinski definition) is 1. The van der Waals surface area contributed by atoms with Crippen LogP contribution in [0.5, 0.6) is 11.5 Å². The number of amides is 3. The molecule has 0 unspecified atom stereocenters. The topological polar surface area (TPSA) is 94.2 Å². The Morgan fingerprint density at radius 1 is 1.19 bits per heavy atom. The van der Waals surface area contributed by atoms with Gasteiger partial charge in [0.15, 0.2) is 11.5 Å². The van der Waals surface area contributed by atoms with E-state index in [1.165, 1.54) is 14.2 Å². The summed E-state index contributed by atoms with van der Waals surface area (Å²) < 4.78 is 16.2. The van der Waals surface area contributed by atoms with Gasteiger partial charge in [0.25, 0.3) is 5.91 Å². The fourth-order valence-corrected chi connectivity index (χ4v) is 2.97. The van der Waals surface area contributed by atoms with Gasteiger partial charge in [0, 0.05) is 4.47 Å². The van der Waals surface area contributed by atoms with E-state index in [0.29, 0.717) is 21.5 Å². The molecule has 8 nitrogen and oxygen atoms in total. The lowest BCUT2D eigenvalue weighted by Crippen LogP contribution is -2.40. The average molecular weight is 429 g/mol. The number of nitrogens with zero attached hydrogens (tertiary/aromatic N) is 1. The Morgan fingerprint density at radius 3 is 2.35 bits per heavy atom. The number of urea groups is 1. The summed E-state index contributed by atoms with van der Waals surface area (Å²) in [6.07, 6.45) is 0.00652. The van der Waals surface area contributed by atoms with Crippen LogP contribution in [0, 0.1) is 0 Å². The molecule has 3 amide bonds. The van der Waals surface area contributed by atoms with E-state index < -0.39 is 17.5 Å². The smallest absolute Gasteiger partial charge is 0.325 e. The van der Waals surface area contributed by atoms with Crippen molar-refractivity contribution in [1.29, 1.82) is 0 Å². The van der Waals surface area contributed by atoms with Gasteiger partial charge in [-0.2, -0.15) is 0 Å². The van der Waals surface area contributed by atoms with Gasteiger partial charge in [-0.05, 0) is 31.5 Å². The van der Waals surface area contributed by atoms with E-state index >= 15 is 0 Å². The van der Waals surface area contributed by atoms with Crippen LogP contribution in [-0.4, -0.2) is 55.7 Å². The zero-order chi connectivity index (χ0) is 19.5. The molecule has 0 aliphatic carbocycles. The van der Waals surface area contributed by atoms with Gasteiger partial charge < -0.3 is 19.5 Å². The van der Waals surface area contributed by atoms with E-state index in [4.69, 9.17) is 14.2 Å². The zero-order valence-corrected chi connectivity index (χ0v) is 16.6. The number of carbonyl (C=O) groups is 3. The van der Waals surface area contributed by atoms with Gasteiger partial charge in [-0.15, -0.1) is 0 Å². The predicted octanol–water partition coefficient (Wildman–Crippen LogP) is 1.88. The molecular formula is C17H21BrN2O6. The number of rotatable bonds is 7. The van der Waals surface area contributed by atoms with Crippen molar-refractivity contribution in [2.75, 3.05) is 27.4 Å². The summed E-state index contributed by atoms with van der Waals surface area (Å²) in [5, 5.41) is 2.57. The van der Waals surface area contributed by atoms with E-state index in [1.54, 1.807) is 26.0 Å². The summed E-state index contributed by atoms with van der Waals surface area (Å²) in [6.45, 7) is 3.17. The Bertz CT molecular complexity index is 734. The standard InChI is InChI=1S/C17H21BrN2O6/c1-17(2)15(22)20(16(23)19-17)5-6-26-14(21)8-10-7-12(24-3)13(25-4)9-11(10)18/h7,9H,5-6,8H2,1-4H3,(H,19,23). The minimum absolute atomic E-state index is 0.00652. The molecule has 1 fully saturated rings. The van der Waals surface area contributed by atoms with Crippen LogP contribution in [0.1, 0.15) is 19.4 Å². The van der Waals surface area contributed by atoms with Gasteiger partial charge in [0.2, 0.25) is 0 Å². The molecular weight excluding hydrogens is 408 g/mol. The molecule has 1 N–H and O–H groups in total. The van der Waals surface area contributed by atoms with Crippen molar-refractivity contribution >= 4 is 33.8 Å². The fraction of sp³-hybridized carbons (Fsp3) is 0.471. The highest BCUT2D eigenvalue weighted by atomic mass is 79.9. The maximum absolute atomic E-state index is 12.1. The largest absolute Gasteiger partial charge is 0.493 e. The molecule has 1 aliphatic rings. The predicted molar refractivity (Wildman–Crippen MR) is 96.2 cm³/mol. The number of halogens is 1. The minimum atomic E-state index is -0.939. The summed E-state index contributed by atoms with van der Waals surface area (Å²) in [7, 11) is 3.03. The Hall–Kier alpha value is -2.29. The Balaban J connectivity index is 1.92. The quantitative estimate of drug-likeness (QED) is 0.526. The van der Waals surface area contributed by atoms with E-state index in [0.717, 1.165) is 4.90 Å². The van der Waals surface area contributed by atoms with E-state index in [1.807, 2.05) is 0 Å². The minimum Gasteiger partial charge on any atom is -0.493 e. The van der Waals surface area contributed by atoms with Gasteiger partial charge >= 0.3 is 12.0 Å². The number of carbonyl (C=O) groups excluding carboxylic acids is 3. The van der Waals surface area contributed by atoms with Gasteiger partial charge in [0.1, 0.15) is 12.1 Å². The number of ether oxygens (including phenoxy) is 3. The number of esters is 1. The summed E-state index contributed by atoms with van der Waals surface area (Å²) in [5.41, 5.74) is -0.269. The zero-order valence-electron chi connectivity index (χ0n) is 15.1. The van der Waals surface area contributed by atoms with Gasteiger partial charge in [-0.1, -0.05) is 15.9 Å². The van der Waals surface area contributed by atoms with Crippen LogP contribution in [0.2, 0.25) is 0 Å². The molecule has 26 heavy (non-hydrogen) atoms. The van der Waals surface area contributed by atoms with Crippen LogP contribution in [0.4, 0.5) is 4.79 Å². The molecule has 0 atom stereocenters. The number of nitrogens with one attached hydrogen (secondary N) is 1. The summed E-state index contributed by atoms with van der Waals surface area (Å²) in [6, 6.07) is 2.90. The fourth-order valence-electron chi connectivity index (χ4n) is 2.51. The molecule has 0 aromatic heterocycles. The second kappa shape index (κ2) is 7.94. The lowest BCUT2D eigenvalue weighted by Gasteiger charge is -2.16.